The van der Waals surface area contributed by atoms with Crippen LogP contribution in [0.15, 0.2) is 0 Å². The van der Waals surface area contributed by atoms with Crippen molar-refractivity contribution in [1.82, 2.24) is 0 Å². The van der Waals surface area contributed by atoms with Gasteiger partial charge in [0.15, 0.2) is 0 Å². The number of carboxylic acids is 1. The fourth-order valence-electron chi connectivity index (χ4n) is 2.06. The highest BCUT2D eigenvalue weighted by Crippen LogP contribution is 2.47. The molecule has 0 bridgehead atoms. The quantitative estimate of drug-likeness (QED) is 0.761. The van der Waals surface area contributed by atoms with Crippen molar-refractivity contribution in [3.05, 3.63) is 0 Å². The molecule has 1 fully saturated rings. The van der Waals surface area contributed by atoms with Gasteiger partial charge in [-0.2, -0.15) is 11.8 Å². The lowest BCUT2D eigenvalue weighted by molar-refractivity contribution is -0.137. The van der Waals surface area contributed by atoms with Gasteiger partial charge in [0.05, 0.1) is 0 Å². The van der Waals surface area contributed by atoms with Gasteiger partial charge in [0.25, 0.3) is 0 Å². The zero-order valence-electron chi connectivity index (χ0n) is 8.38. The van der Waals surface area contributed by atoms with Crippen LogP contribution in [0.3, 0.4) is 0 Å². The number of rotatable bonds is 4. The second-order valence-corrected chi connectivity index (χ2v) is 5.36. The van der Waals surface area contributed by atoms with Crippen molar-refractivity contribution in [2.45, 2.75) is 44.3 Å². The lowest BCUT2D eigenvalue weighted by atomic mass is 9.90. The fourth-order valence-corrected chi connectivity index (χ4v) is 3.65. The van der Waals surface area contributed by atoms with Crippen molar-refractivity contribution < 1.29 is 9.90 Å². The van der Waals surface area contributed by atoms with E-state index in [1.165, 1.54) is 12.8 Å². The molecular formula is C10H18O2S. The Bertz CT molecular complexity index is 187. The third kappa shape index (κ3) is 2.63. The van der Waals surface area contributed by atoms with Crippen LogP contribution in [0.4, 0.5) is 0 Å². The molecule has 1 heterocycles. The molecule has 0 radical (unpaired) electrons. The van der Waals surface area contributed by atoms with Gasteiger partial charge in [-0.1, -0.05) is 13.8 Å². The third-order valence-electron chi connectivity index (χ3n) is 3.04. The lowest BCUT2D eigenvalue weighted by Crippen LogP contribution is -2.20. The van der Waals surface area contributed by atoms with Gasteiger partial charge < -0.3 is 5.11 Å². The van der Waals surface area contributed by atoms with Crippen molar-refractivity contribution in [1.29, 1.82) is 0 Å². The van der Waals surface area contributed by atoms with E-state index in [2.05, 4.69) is 13.8 Å². The van der Waals surface area contributed by atoms with E-state index in [1.807, 2.05) is 11.8 Å². The number of thioether (sulfide) groups is 1. The van der Waals surface area contributed by atoms with Crippen molar-refractivity contribution >= 4 is 17.7 Å². The molecule has 0 amide bonds. The molecule has 1 atom stereocenters. The molecule has 1 N–H and O–H groups in total. The van der Waals surface area contributed by atoms with Gasteiger partial charge in [0.1, 0.15) is 0 Å². The summed E-state index contributed by atoms with van der Waals surface area (Å²) >= 11 is 1.98. The third-order valence-corrected chi connectivity index (χ3v) is 5.03. The van der Waals surface area contributed by atoms with Crippen molar-refractivity contribution in [2.75, 3.05) is 5.75 Å². The molecule has 0 aromatic heterocycles. The minimum atomic E-state index is -0.645. The van der Waals surface area contributed by atoms with E-state index in [4.69, 9.17) is 5.11 Å². The molecule has 1 unspecified atom stereocenters. The minimum absolute atomic E-state index is 0.356. The van der Waals surface area contributed by atoms with Crippen LogP contribution in [-0.2, 0) is 4.79 Å². The summed E-state index contributed by atoms with van der Waals surface area (Å²) in [7, 11) is 0. The van der Waals surface area contributed by atoms with E-state index in [0.717, 1.165) is 12.2 Å². The topological polar surface area (TPSA) is 37.3 Å². The van der Waals surface area contributed by atoms with Crippen LogP contribution < -0.4 is 0 Å². The van der Waals surface area contributed by atoms with E-state index in [9.17, 15) is 4.79 Å². The first-order valence-electron chi connectivity index (χ1n) is 4.97. The van der Waals surface area contributed by atoms with Crippen LogP contribution in [-0.4, -0.2) is 21.6 Å². The zero-order chi connectivity index (χ0) is 9.90. The fraction of sp³-hybridized carbons (Fsp3) is 0.900. The monoisotopic (exact) mass is 202 g/mol. The van der Waals surface area contributed by atoms with E-state index in [1.54, 1.807) is 0 Å². The first-order valence-corrected chi connectivity index (χ1v) is 5.96. The minimum Gasteiger partial charge on any atom is -0.481 e. The van der Waals surface area contributed by atoms with Crippen LogP contribution in [0, 0.1) is 5.92 Å². The summed E-state index contributed by atoms with van der Waals surface area (Å²) in [6.07, 6.45) is 3.79. The van der Waals surface area contributed by atoms with Crippen molar-refractivity contribution in [3.8, 4) is 0 Å². The maximum atomic E-state index is 10.5. The van der Waals surface area contributed by atoms with Crippen LogP contribution in [0.5, 0.6) is 0 Å². The summed E-state index contributed by atoms with van der Waals surface area (Å²) in [5, 5.41) is 8.68. The summed E-state index contributed by atoms with van der Waals surface area (Å²) in [6, 6.07) is 0. The number of carboxylic acid groups (broad SMARTS) is 1. The Kier molecular flexibility index (Phi) is 3.65. The van der Waals surface area contributed by atoms with E-state index in [0.29, 0.717) is 17.1 Å². The Balaban J connectivity index is 2.47. The molecule has 1 aliphatic heterocycles. The van der Waals surface area contributed by atoms with Crippen LogP contribution >= 0.6 is 11.8 Å². The molecule has 1 aliphatic rings. The lowest BCUT2D eigenvalue weighted by Gasteiger charge is -2.24. The van der Waals surface area contributed by atoms with Gasteiger partial charge >= 0.3 is 5.97 Å². The number of hydrogen-bond acceptors (Lipinski definition) is 2. The molecule has 13 heavy (non-hydrogen) atoms. The molecule has 1 saturated heterocycles. The van der Waals surface area contributed by atoms with Gasteiger partial charge in [-0.25, -0.2) is 0 Å². The zero-order valence-corrected chi connectivity index (χ0v) is 9.19. The molecule has 0 aromatic carbocycles. The molecule has 3 heteroatoms. The molecule has 0 aromatic rings. The maximum absolute atomic E-state index is 10.5. The van der Waals surface area contributed by atoms with Crippen molar-refractivity contribution in [2.24, 2.45) is 5.92 Å². The first kappa shape index (κ1) is 10.9. The van der Waals surface area contributed by atoms with E-state index in [-0.39, 0.29) is 0 Å². The predicted molar refractivity (Wildman–Crippen MR) is 56.1 cm³/mol. The highest BCUT2D eigenvalue weighted by Gasteiger charge is 2.37. The summed E-state index contributed by atoms with van der Waals surface area (Å²) in [4.78, 5) is 10.5. The van der Waals surface area contributed by atoms with Gasteiger partial charge in [-0.3, -0.25) is 4.79 Å². The smallest absolute Gasteiger partial charge is 0.303 e. The summed E-state index contributed by atoms with van der Waals surface area (Å²) < 4.78 is 0.389. The second kappa shape index (κ2) is 4.36. The normalized spacial score (nSPS) is 26.2. The largest absolute Gasteiger partial charge is 0.481 e. The van der Waals surface area contributed by atoms with Gasteiger partial charge in [0.2, 0.25) is 0 Å². The summed E-state index contributed by atoms with van der Waals surface area (Å²) in [6.45, 7) is 4.42. The Hall–Kier alpha value is -0.180. The molecule has 0 spiro atoms. The molecule has 76 valence electrons. The van der Waals surface area contributed by atoms with Gasteiger partial charge in [0, 0.05) is 11.2 Å². The van der Waals surface area contributed by atoms with Crippen LogP contribution in [0.1, 0.15) is 39.5 Å². The SMILES string of the molecule is CCC1(CC)CC(CC(=O)O)CS1. The molecule has 2 nitrogen and oxygen atoms in total. The molecular weight excluding hydrogens is 184 g/mol. The van der Waals surface area contributed by atoms with Crippen molar-refractivity contribution in [3.63, 3.8) is 0 Å². The maximum Gasteiger partial charge on any atom is 0.303 e. The van der Waals surface area contributed by atoms with Gasteiger partial charge in [-0.05, 0) is 30.9 Å². The first-order chi connectivity index (χ1) is 6.12. The number of aliphatic carboxylic acids is 1. The molecule has 0 saturated carbocycles. The Morgan fingerprint density at radius 3 is 2.54 bits per heavy atom. The van der Waals surface area contributed by atoms with Crippen LogP contribution in [0.25, 0.3) is 0 Å². The van der Waals surface area contributed by atoms with E-state index >= 15 is 0 Å². The average Bonchev–Trinajstić information content (AvgIpc) is 2.48. The van der Waals surface area contributed by atoms with E-state index < -0.39 is 5.97 Å². The Morgan fingerprint density at radius 2 is 2.15 bits per heavy atom. The molecule has 1 rings (SSSR count). The molecule has 0 aliphatic carbocycles. The van der Waals surface area contributed by atoms with Crippen LogP contribution in [0.2, 0.25) is 0 Å². The average molecular weight is 202 g/mol. The Morgan fingerprint density at radius 1 is 1.54 bits per heavy atom. The highest BCUT2D eigenvalue weighted by atomic mass is 32.2. The summed E-state index contributed by atoms with van der Waals surface area (Å²) in [5.74, 6) is 0.796. The highest BCUT2D eigenvalue weighted by molar-refractivity contribution is 8.00. The summed E-state index contributed by atoms with van der Waals surface area (Å²) in [5.41, 5.74) is 0. The predicted octanol–water partition coefficient (Wildman–Crippen LogP) is 2.77. The second-order valence-electron chi connectivity index (χ2n) is 3.87. The van der Waals surface area contributed by atoms with Gasteiger partial charge in [-0.15, -0.1) is 0 Å². The number of carbonyl (C=O) groups is 1. The Labute approximate surface area is 84.1 Å². The number of hydrogen-bond donors (Lipinski definition) is 1. The standard InChI is InChI=1S/C10H18O2S/c1-3-10(4-2)6-8(7-13-10)5-9(11)12/h8H,3-7H2,1-2H3,(H,11,12).